The molecule has 0 radical (unpaired) electrons. The number of aromatic nitrogens is 2. The summed E-state index contributed by atoms with van der Waals surface area (Å²) in [6.07, 6.45) is 0. The third-order valence-corrected chi connectivity index (χ3v) is 5.15. The van der Waals surface area contributed by atoms with Gasteiger partial charge in [-0.05, 0) is 12.1 Å². The van der Waals surface area contributed by atoms with Crippen LogP contribution in [0.15, 0.2) is 59.0 Å². The molecule has 0 atom stereocenters. The lowest BCUT2D eigenvalue weighted by Gasteiger charge is -2.30. The second-order valence-corrected chi connectivity index (χ2v) is 6.96. The van der Waals surface area contributed by atoms with Gasteiger partial charge in [0.15, 0.2) is 17.2 Å². The summed E-state index contributed by atoms with van der Waals surface area (Å²) in [4.78, 5) is 13.7. The van der Waals surface area contributed by atoms with Crippen molar-refractivity contribution in [3.63, 3.8) is 0 Å². The third-order valence-electron chi connectivity index (χ3n) is 5.15. The summed E-state index contributed by atoms with van der Waals surface area (Å²) < 4.78 is 6.18. The monoisotopic (exact) mass is 345 g/mol. The van der Waals surface area contributed by atoms with Crippen molar-refractivity contribution in [1.29, 1.82) is 0 Å². The highest BCUT2D eigenvalue weighted by molar-refractivity contribution is 6.06. The number of furan rings is 1. The first-order valence-corrected chi connectivity index (χ1v) is 9.10. The molecule has 0 bridgehead atoms. The maximum atomic E-state index is 6.18. The highest BCUT2D eigenvalue weighted by atomic mass is 16.3. The molecule has 2 aromatic carbocycles. The van der Waals surface area contributed by atoms with E-state index in [0.29, 0.717) is 0 Å². The molecule has 5 heteroatoms. The van der Waals surface area contributed by atoms with Gasteiger partial charge in [0.1, 0.15) is 11.1 Å². The lowest BCUT2D eigenvalue weighted by molar-refractivity contribution is -0.880. The Morgan fingerprint density at radius 2 is 1.65 bits per heavy atom. The second kappa shape index (κ2) is 6.11. The summed E-state index contributed by atoms with van der Waals surface area (Å²) in [5.41, 5.74) is 3.59. The Labute approximate surface area is 151 Å². The molecule has 1 N–H and O–H groups in total. The number of rotatable bonds is 2. The molecule has 1 aliphatic heterocycles. The zero-order valence-corrected chi connectivity index (χ0v) is 14.8. The predicted octanol–water partition coefficient (Wildman–Crippen LogP) is 2.38. The molecule has 0 aliphatic carbocycles. The quantitative estimate of drug-likeness (QED) is 0.606. The average molecular weight is 345 g/mol. The van der Waals surface area contributed by atoms with Crippen molar-refractivity contribution in [1.82, 2.24) is 9.97 Å². The fraction of sp³-hybridized carbons (Fsp3) is 0.238. The average Bonchev–Trinajstić information content (AvgIpc) is 3.07. The van der Waals surface area contributed by atoms with E-state index >= 15 is 0 Å². The number of likely N-dealkylation sites (N-methyl/N-ethyl adjacent to an activating group) is 1. The van der Waals surface area contributed by atoms with Crippen LogP contribution in [0.2, 0.25) is 0 Å². The summed E-state index contributed by atoms with van der Waals surface area (Å²) in [7, 11) is 2.24. The Hall–Kier alpha value is -2.92. The fourth-order valence-corrected chi connectivity index (χ4v) is 3.61. The van der Waals surface area contributed by atoms with Crippen molar-refractivity contribution in [2.24, 2.45) is 0 Å². The lowest BCUT2D eigenvalue weighted by atomic mass is 10.2. The van der Waals surface area contributed by atoms with Crippen LogP contribution in [0.25, 0.3) is 33.5 Å². The summed E-state index contributed by atoms with van der Waals surface area (Å²) in [5, 5.41) is 1.04. The molecule has 1 aliphatic rings. The summed E-state index contributed by atoms with van der Waals surface area (Å²) in [6.45, 7) is 4.16. The van der Waals surface area contributed by atoms with Crippen molar-refractivity contribution < 1.29 is 9.32 Å². The molecule has 3 heterocycles. The van der Waals surface area contributed by atoms with E-state index in [9.17, 15) is 0 Å². The van der Waals surface area contributed by atoms with Crippen molar-refractivity contribution >= 4 is 27.9 Å². The van der Waals surface area contributed by atoms with Gasteiger partial charge >= 0.3 is 0 Å². The number of hydrogen-bond donors (Lipinski definition) is 1. The maximum Gasteiger partial charge on any atom is 0.196 e. The van der Waals surface area contributed by atoms with Gasteiger partial charge in [0.25, 0.3) is 0 Å². The molecule has 0 amide bonds. The summed E-state index contributed by atoms with van der Waals surface area (Å²) in [6, 6.07) is 18.3. The predicted molar refractivity (Wildman–Crippen MR) is 104 cm³/mol. The first-order valence-electron chi connectivity index (χ1n) is 9.10. The van der Waals surface area contributed by atoms with E-state index in [0.717, 1.165) is 65.5 Å². The van der Waals surface area contributed by atoms with E-state index < -0.39 is 0 Å². The lowest BCUT2D eigenvalue weighted by Crippen LogP contribution is -3.12. The molecular formula is C21H21N4O+. The Balaban J connectivity index is 1.75. The molecule has 1 fully saturated rings. The number of para-hydroxylation sites is 1. The molecule has 130 valence electrons. The van der Waals surface area contributed by atoms with Gasteiger partial charge < -0.3 is 14.2 Å². The Morgan fingerprint density at radius 3 is 2.46 bits per heavy atom. The van der Waals surface area contributed by atoms with E-state index in [-0.39, 0.29) is 0 Å². The van der Waals surface area contributed by atoms with Crippen LogP contribution < -0.4 is 9.80 Å². The van der Waals surface area contributed by atoms with Gasteiger partial charge in [-0.3, -0.25) is 0 Å². The number of anilines is 1. The first-order chi connectivity index (χ1) is 12.8. The van der Waals surface area contributed by atoms with Crippen LogP contribution in [0.4, 0.5) is 5.82 Å². The molecule has 2 aromatic heterocycles. The van der Waals surface area contributed by atoms with Crippen LogP contribution in [0.1, 0.15) is 0 Å². The number of fused-ring (bicyclic) bond motifs is 3. The van der Waals surface area contributed by atoms with E-state index in [1.54, 1.807) is 4.90 Å². The van der Waals surface area contributed by atoms with Gasteiger partial charge in [0.05, 0.1) is 33.2 Å². The van der Waals surface area contributed by atoms with Gasteiger partial charge in [0.2, 0.25) is 0 Å². The molecule has 5 rings (SSSR count). The molecule has 0 unspecified atom stereocenters. The minimum Gasteiger partial charge on any atom is -0.450 e. The highest BCUT2D eigenvalue weighted by Crippen LogP contribution is 2.34. The van der Waals surface area contributed by atoms with Crippen LogP contribution in [0.3, 0.4) is 0 Å². The normalized spacial score (nSPS) is 15.8. The van der Waals surface area contributed by atoms with Crippen molar-refractivity contribution in [2.75, 3.05) is 38.1 Å². The van der Waals surface area contributed by atoms with Gasteiger partial charge in [-0.15, -0.1) is 0 Å². The SMILES string of the molecule is C[NH+]1CCN(c2nc(-c3ccccc3)nc3c2oc2ccccc23)CC1. The second-order valence-electron chi connectivity index (χ2n) is 6.96. The summed E-state index contributed by atoms with van der Waals surface area (Å²) in [5.74, 6) is 1.67. The Bertz CT molecular complexity index is 1070. The smallest absolute Gasteiger partial charge is 0.196 e. The van der Waals surface area contributed by atoms with Crippen LogP contribution in [0, 0.1) is 0 Å². The zero-order valence-electron chi connectivity index (χ0n) is 14.8. The number of benzene rings is 2. The number of piperazine rings is 1. The van der Waals surface area contributed by atoms with E-state index in [4.69, 9.17) is 14.4 Å². The Kier molecular flexibility index (Phi) is 3.60. The standard InChI is InChI=1S/C21H20N4O/c1-24-11-13-25(14-12-24)21-19-18(16-9-5-6-10-17(16)26-19)22-20(23-21)15-7-3-2-4-8-15/h2-10H,11-14H2,1H3/p+1. The van der Waals surface area contributed by atoms with E-state index in [1.165, 1.54) is 0 Å². The topological polar surface area (TPSA) is 46.6 Å². The van der Waals surface area contributed by atoms with Crippen molar-refractivity contribution in [2.45, 2.75) is 0 Å². The molecule has 1 saturated heterocycles. The highest BCUT2D eigenvalue weighted by Gasteiger charge is 2.24. The maximum absolute atomic E-state index is 6.18. The van der Waals surface area contributed by atoms with Crippen LogP contribution in [0.5, 0.6) is 0 Å². The molecular weight excluding hydrogens is 324 g/mol. The van der Waals surface area contributed by atoms with Crippen LogP contribution in [-0.2, 0) is 0 Å². The van der Waals surface area contributed by atoms with Crippen LogP contribution >= 0.6 is 0 Å². The number of nitrogens with zero attached hydrogens (tertiary/aromatic N) is 3. The minimum atomic E-state index is 0.755. The molecule has 4 aromatic rings. The van der Waals surface area contributed by atoms with E-state index in [1.807, 2.05) is 36.4 Å². The molecule has 26 heavy (non-hydrogen) atoms. The first kappa shape index (κ1) is 15.3. The largest absolute Gasteiger partial charge is 0.450 e. The minimum absolute atomic E-state index is 0.755. The van der Waals surface area contributed by atoms with Crippen molar-refractivity contribution in [3.8, 4) is 11.4 Å². The van der Waals surface area contributed by atoms with Gasteiger partial charge in [-0.1, -0.05) is 42.5 Å². The van der Waals surface area contributed by atoms with Gasteiger partial charge in [-0.2, -0.15) is 0 Å². The van der Waals surface area contributed by atoms with Crippen molar-refractivity contribution in [3.05, 3.63) is 54.6 Å². The van der Waals surface area contributed by atoms with E-state index in [2.05, 4.69) is 30.1 Å². The van der Waals surface area contributed by atoms with Crippen LogP contribution in [-0.4, -0.2) is 43.2 Å². The fourth-order valence-electron chi connectivity index (χ4n) is 3.61. The molecule has 0 spiro atoms. The number of hydrogen-bond acceptors (Lipinski definition) is 4. The third kappa shape index (κ3) is 2.52. The molecule has 5 nitrogen and oxygen atoms in total. The number of quaternary nitrogens is 1. The molecule has 0 saturated carbocycles. The Morgan fingerprint density at radius 1 is 0.923 bits per heavy atom. The van der Waals surface area contributed by atoms with Gasteiger partial charge in [0, 0.05) is 10.9 Å². The van der Waals surface area contributed by atoms with Gasteiger partial charge in [-0.25, -0.2) is 9.97 Å². The zero-order chi connectivity index (χ0) is 17.5. The number of nitrogens with one attached hydrogen (secondary N) is 1. The summed E-state index contributed by atoms with van der Waals surface area (Å²) >= 11 is 0.